The first-order valence-electron chi connectivity index (χ1n) is 21.0. The summed E-state index contributed by atoms with van der Waals surface area (Å²) in [6.07, 6.45) is 45.4. The van der Waals surface area contributed by atoms with Gasteiger partial charge < -0.3 is 18.9 Å². The lowest BCUT2D eigenvalue weighted by atomic mass is 10.0. The molecule has 2 unspecified atom stereocenters. The van der Waals surface area contributed by atoms with Crippen LogP contribution in [0.15, 0.2) is 60.8 Å². The maximum atomic E-state index is 12.7. The number of ether oxygens (including phenoxy) is 2. The Morgan fingerprint density at radius 2 is 1.09 bits per heavy atom. The number of carbonyl (C=O) groups excluding carboxylic acids is 1. The zero-order valence-corrected chi connectivity index (χ0v) is 35.6. The monoisotopic (exact) mass is 767 g/mol. The van der Waals surface area contributed by atoms with Gasteiger partial charge in [-0.1, -0.05) is 152 Å². The fourth-order valence-electron chi connectivity index (χ4n) is 5.34. The van der Waals surface area contributed by atoms with Crippen molar-refractivity contribution < 1.29 is 37.3 Å². The van der Waals surface area contributed by atoms with Crippen molar-refractivity contribution in [2.45, 2.75) is 161 Å². The maximum absolute atomic E-state index is 12.7. The van der Waals surface area contributed by atoms with Gasteiger partial charge in [-0.25, -0.2) is 4.57 Å². The number of phosphoric ester groups is 1. The van der Waals surface area contributed by atoms with Crippen molar-refractivity contribution in [2.24, 2.45) is 0 Å². The first-order valence-corrected chi connectivity index (χ1v) is 22.5. The number of hydrogen-bond donors (Lipinski definition) is 1. The second-order valence-corrected chi connectivity index (χ2v) is 16.4. The molecule has 0 aliphatic heterocycles. The molecule has 1 N–H and O–H groups in total. The van der Waals surface area contributed by atoms with Gasteiger partial charge in [-0.2, -0.15) is 0 Å². The molecule has 8 nitrogen and oxygen atoms in total. The number of likely N-dealkylation sites (N-methyl/N-ethyl adjacent to an activating group) is 1. The van der Waals surface area contributed by atoms with E-state index < -0.39 is 13.9 Å². The van der Waals surface area contributed by atoms with Gasteiger partial charge >= 0.3 is 13.8 Å². The molecule has 0 saturated carbocycles. The van der Waals surface area contributed by atoms with Crippen LogP contribution in [0.2, 0.25) is 0 Å². The molecule has 0 saturated heterocycles. The molecular formula is C44H81NO7P+. The minimum absolute atomic E-state index is 0.0785. The van der Waals surface area contributed by atoms with Crippen molar-refractivity contribution in [1.29, 1.82) is 0 Å². The average molecular weight is 767 g/mol. The molecular weight excluding hydrogens is 685 g/mol. The Morgan fingerprint density at radius 1 is 0.604 bits per heavy atom. The molecule has 0 fully saturated rings. The Balaban J connectivity index is 4.35. The van der Waals surface area contributed by atoms with Crippen LogP contribution < -0.4 is 0 Å². The van der Waals surface area contributed by atoms with E-state index in [1.807, 2.05) is 21.1 Å². The molecule has 0 heterocycles. The van der Waals surface area contributed by atoms with Gasteiger partial charge in [-0.05, 0) is 57.8 Å². The predicted octanol–water partition coefficient (Wildman–Crippen LogP) is 12.2. The quantitative estimate of drug-likeness (QED) is 0.0220. The van der Waals surface area contributed by atoms with Crippen LogP contribution >= 0.6 is 7.82 Å². The van der Waals surface area contributed by atoms with Gasteiger partial charge in [0.25, 0.3) is 0 Å². The Hall–Kier alpha value is -1.80. The molecule has 0 spiro atoms. The molecule has 0 rings (SSSR count). The number of allylic oxidation sites excluding steroid dienone is 10. The van der Waals surface area contributed by atoms with Crippen LogP contribution in [0, 0.1) is 0 Å². The van der Waals surface area contributed by atoms with E-state index in [0.717, 1.165) is 70.6 Å². The molecule has 2 atom stereocenters. The van der Waals surface area contributed by atoms with E-state index in [1.165, 1.54) is 64.2 Å². The van der Waals surface area contributed by atoms with E-state index in [0.29, 0.717) is 24.1 Å². The minimum atomic E-state index is -4.28. The molecule has 0 aromatic heterocycles. The molecule has 0 bridgehead atoms. The minimum Gasteiger partial charge on any atom is -0.457 e. The largest absolute Gasteiger partial charge is 0.472 e. The van der Waals surface area contributed by atoms with Crippen molar-refractivity contribution in [3.8, 4) is 0 Å². The van der Waals surface area contributed by atoms with Gasteiger partial charge in [0, 0.05) is 13.0 Å². The zero-order chi connectivity index (χ0) is 39.1. The normalized spacial score (nSPS) is 14.5. The summed E-state index contributed by atoms with van der Waals surface area (Å²) in [6.45, 7) is 5.38. The molecule has 9 heteroatoms. The third-order valence-corrected chi connectivity index (χ3v) is 9.58. The maximum Gasteiger partial charge on any atom is 0.472 e. The van der Waals surface area contributed by atoms with Crippen LogP contribution in [0.25, 0.3) is 0 Å². The second-order valence-electron chi connectivity index (χ2n) is 15.0. The van der Waals surface area contributed by atoms with E-state index >= 15 is 0 Å². The van der Waals surface area contributed by atoms with E-state index in [4.69, 9.17) is 18.5 Å². The fraction of sp³-hybridized carbons (Fsp3) is 0.750. The average Bonchev–Trinajstić information content (AvgIpc) is 3.11. The summed E-state index contributed by atoms with van der Waals surface area (Å²) in [6, 6.07) is 0. The highest BCUT2D eigenvalue weighted by Gasteiger charge is 2.26. The Bertz CT molecular complexity index is 1030. The van der Waals surface area contributed by atoms with E-state index in [1.54, 1.807) is 0 Å². The van der Waals surface area contributed by atoms with Crippen molar-refractivity contribution in [2.75, 3.05) is 54.1 Å². The first kappa shape index (κ1) is 51.2. The molecule has 0 radical (unpaired) electrons. The third-order valence-electron chi connectivity index (χ3n) is 8.59. The van der Waals surface area contributed by atoms with Crippen LogP contribution in [0.1, 0.15) is 155 Å². The van der Waals surface area contributed by atoms with Crippen molar-refractivity contribution in [3.63, 3.8) is 0 Å². The number of nitrogens with zero attached hydrogens (tertiary/aromatic N) is 1. The SMILES string of the molecule is CC/C=C\C/C=C\C/C=C\C/C=C\C/C=C\CCCCOCC(COP(=O)(O)OCC[N+](C)(C)C)OC(=O)CCCCCCCCCCCCCCC. The summed E-state index contributed by atoms with van der Waals surface area (Å²) in [5.41, 5.74) is 0. The van der Waals surface area contributed by atoms with Crippen molar-refractivity contribution in [3.05, 3.63) is 60.8 Å². The van der Waals surface area contributed by atoms with Gasteiger partial charge in [0.1, 0.15) is 19.3 Å². The standard InChI is InChI=1S/C44H80NO7P/c1-6-8-10-12-14-16-18-20-21-22-23-24-26-28-30-32-34-36-39-49-41-43(42-51-53(47,48)50-40-38-45(3,4)5)52-44(46)37-35-33-31-29-27-25-19-17-15-13-11-9-7-2/h8,10,14,16,20-21,23-24,28,30,43H,6-7,9,11-13,15,17-19,22,25-27,29,31-42H2,1-5H3/p+1/b10-8-,16-14-,21-20-,24-23-,30-28-. The van der Waals surface area contributed by atoms with Crippen LogP contribution in [-0.4, -0.2) is 75.6 Å². The molecule has 0 amide bonds. The smallest absolute Gasteiger partial charge is 0.457 e. The lowest BCUT2D eigenvalue weighted by Gasteiger charge is -2.24. The predicted molar refractivity (Wildman–Crippen MR) is 224 cm³/mol. The first-order chi connectivity index (χ1) is 25.6. The van der Waals surface area contributed by atoms with Crippen LogP contribution in [0.5, 0.6) is 0 Å². The van der Waals surface area contributed by atoms with Gasteiger partial charge in [-0.3, -0.25) is 13.8 Å². The summed E-state index contributed by atoms with van der Waals surface area (Å²) < 4.78 is 34.9. The van der Waals surface area contributed by atoms with Crippen LogP contribution in [-0.2, 0) is 27.9 Å². The van der Waals surface area contributed by atoms with Crippen LogP contribution in [0.3, 0.4) is 0 Å². The number of phosphoric acid groups is 1. The van der Waals surface area contributed by atoms with E-state index in [-0.39, 0.29) is 25.8 Å². The third kappa shape index (κ3) is 41.2. The molecule has 0 aliphatic rings. The number of rotatable bonds is 38. The number of carbonyl (C=O) groups is 1. The van der Waals surface area contributed by atoms with Gasteiger partial charge in [-0.15, -0.1) is 0 Å². The molecule has 53 heavy (non-hydrogen) atoms. The van der Waals surface area contributed by atoms with E-state index in [2.05, 4.69) is 74.6 Å². The van der Waals surface area contributed by atoms with Crippen LogP contribution in [0.4, 0.5) is 0 Å². The topological polar surface area (TPSA) is 91.3 Å². The summed E-state index contributed by atoms with van der Waals surface area (Å²) in [4.78, 5) is 22.8. The van der Waals surface area contributed by atoms with Gasteiger partial charge in [0.2, 0.25) is 0 Å². The molecule has 0 aromatic carbocycles. The summed E-state index contributed by atoms with van der Waals surface area (Å²) >= 11 is 0. The van der Waals surface area contributed by atoms with Gasteiger partial charge in [0.15, 0.2) is 0 Å². The number of esters is 1. The summed E-state index contributed by atoms with van der Waals surface area (Å²) in [7, 11) is 1.63. The highest BCUT2D eigenvalue weighted by Crippen LogP contribution is 2.43. The lowest BCUT2D eigenvalue weighted by molar-refractivity contribution is -0.870. The summed E-state index contributed by atoms with van der Waals surface area (Å²) in [5.74, 6) is -0.331. The number of quaternary nitrogens is 1. The number of hydrogen-bond acceptors (Lipinski definition) is 6. The highest BCUT2D eigenvalue weighted by atomic mass is 31.2. The second kappa shape index (κ2) is 37.1. The van der Waals surface area contributed by atoms with Crippen molar-refractivity contribution in [1.82, 2.24) is 0 Å². The Kier molecular flexibility index (Phi) is 35.9. The zero-order valence-electron chi connectivity index (χ0n) is 34.7. The summed E-state index contributed by atoms with van der Waals surface area (Å²) in [5, 5.41) is 0. The van der Waals surface area contributed by atoms with Crippen molar-refractivity contribution >= 4 is 13.8 Å². The molecule has 0 aromatic rings. The Morgan fingerprint density at radius 3 is 1.60 bits per heavy atom. The number of unbranched alkanes of at least 4 members (excludes halogenated alkanes) is 14. The van der Waals surface area contributed by atoms with Gasteiger partial charge in [0.05, 0.1) is 34.4 Å². The Labute approximate surface area is 326 Å². The fourth-order valence-corrected chi connectivity index (χ4v) is 6.08. The highest BCUT2D eigenvalue weighted by molar-refractivity contribution is 7.47. The molecule has 0 aliphatic carbocycles. The lowest BCUT2D eigenvalue weighted by Crippen LogP contribution is -2.37. The molecule has 308 valence electrons. The van der Waals surface area contributed by atoms with E-state index in [9.17, 15) is 14.3 Å².